The van der Waals surface area contributed by atoms with E-state index in [4.69, 9.17) is 16.3 Å². The lowest BCUT2D eigenvalue weighted by molar-refractivity contribution is -0.123. The van der Waals surface area contributed by atoms with Crippen molar-refractivity contribution in [3.05, 3.63) is 34.9 Å². The predicted molar refractivity (Wildman–Crippen MR) is 85.9 cm³/mol. The Kier molecular flexibility index (Phi) is 6.25. The first kappa shape index (κ1) is 16.8. The van der Waals surface area contributed by atoms with E-state index in [-0.39, 0.29) is 17.7 Å². The molecule has 1 aliphatic carbocycles. The smallest absolute Gasteiger partial charge is 0.407 e. The van der Waals surface area contributed by atoms with Crippen LogP contribution in [0.25, 0.3) is 0 Å². The van der Waals surface area contributed by atoms with Crippen LogP contribution in [-0.2, 0) is 9.53 Å². The van der Waals surface area contributed by atoms with Crippen LogP contribution in [0.3, 0.4) is 0 Å². The normalized spacial score (nSPS) is 20.1. The molecule has 1 N–H and O–H groups in total. The lowest BCUT2D eigenvalue weighted by atomic mass is 9.86. The van der Waals surface area contributed by atoms with Crippen molar-refractivity contribution in [1.29, 1.82) is 0 Å². The summed E-state index contributed by atoms with van der Waals surface area (Å²) in [7, 11) is 0. The number of carbonyl (C=O) groups excluding carboxylic acids is 2. The van der Waals surface area contributed by atoms with E-state index in [0.29, 0.717) is 18.1 Å². The molecule has 0 radical (unpaired) electrons. The molecule has 120 valence electrons. The molecule has 1 fully saturated rings. The number of hydrogen-bond donors (Lipinski definition) is 1. The molecular weight excluding hydrogens is 302 g/mol. The Morgan fingerprint density at radius 2 is 2.23 bits per heavy atom. The van der Waals surface area contributed by atoms with E-state index in [1.807, 2.05) is 12.1 Å². The monoisotopic (exact) mass is 323 g/mol. The molecule has 5 heteroatoms. The number of nitrogens with one attached hydrogen (secondary N) is 1. The summed E-state index contributed by atoms with van der Waals surface area (Å²) >= 11 is 6.07. The zero-order valence-corrected chi connectivity index (χ0v) is 13.6. The van der Waals surface area contributed by atoms with Gasteiger partial charge < -0.3 is 10.1 Å². The van der Waals surface area contributed by atoms with Crippen molar-refractivity contribution in [3.63, 3.8) is 0 Å². The van der Waals surface area contributed by atoms with Gasteiger partial charge in [0.2, 0.25) is 0 Å². The molecular formula is C17H22ClNO3. The molecule has 1 aliphatic rings. The van der Waals surface area contributed by atoms with Gasteiger partial charge in [-0.15, -0.1) is 0 Å². The third kappa shape index (κ3) is 4.47. The number of Topliss-reactive ketones (excluding diaryl/α,β-unsaturated/α-hetero) is 1. The number of ketones is 1. The van der Waals surface area contributed by atoms with Crippen LogP contribution in [0.5, 0.6) is 0 Å². The molecule has 0 bridgehead atoms. The highest BCUT2D eigenvalue weighted by atomic mass is 35.5. The first-order valence-electron chi connectivity index (χ1n) is 7.83. The molecule has 22 heavy (non-hydrogen) atoms. The molecule has 1 amide bonds. The fourth-order valence-corrected chi connectivity index (χ4v) is 3.15. The number of hydrogen-bond acceptors (Lipinski definition) is 3. The van der Waals surface area contributed by atoms with Crippen molar-refractivity contribution in [2.75, 3.05) is 6.61 Å². The van der Waals surface area contributed by atoms with Gasteiger partial charge in [0.25, 0.3) is 0 Å². The fraction of sp³-hybridized carbons (Fsp3) is 0.529. The van der Waals surface area contributed by atoms with Gasteiger partial charge in [0.15, 0.2) is 0 Å². The van der Waals surface area contributed by atoms with Crippen LogP contribution in [0.15, 0.2) is 24.3 Å². The first-order valence-corrected chi connectivity index (χ1v) is 8.21. The molecule has 0 unspecified atom stereocenters. The van der Waals surface area contributed by atoms with E-state index < -0.39 is 6.09 Å². The van der Waals surface area contributed by atoms with Crippen LogP contribution in [-0.4, -0.2) is 18.5 Å². The molecule has 0 spiro atoms. The van der Waals surface area contributed by atoms with Crippen molar-refractivity contribution < 1.29 is 14.3 Å². The third-order valence-electron chi connectivity index (χ3n) is 4.01. The van der Waals surface area contributed by atoms with Crippen LogP contribution in [0.2, 0.25) is 5.02 Å². The predicted octanol–water partition coefficient (Wildman–Crippen LogP) is 4.28. The zero-order valence-electron chi connectivity index (χ0n) is 12.8. The average Bonchev–Trinajstić information content (AvgIpc) is 2.70. The Morgan fingerprint density at radius 1 is 1.41 bits per heavy atom. The van der Waals surface area contributed by atoms with Crippen LogP contribution in [0.1, 0.15) is 50.6 Å². The summed E-state index contributed by atoms with van der Waals surface area (Å²) in [6.45, 7) is 2.05. The van der Waals surface area contributed by atoms with E-state index in [0.717, 1.165) is 31.2 Å². The summed E-state index contributed by atoms with van der Waals surface area (Å²) in [6.07, 6.45) is 3.85. The summed E-state index contributed by atoms with van der Waals surface area (Å²) in [6, 6.07) is 6.92. The summed E-state index contributed by atoms with van der Waals surface area (Å²) in [4.78, 5) is 24.3. The lowest BCUT2D eigenvalue weighted by Gasteiger charge is -2.26. The molecule has 0 aliphatic heterocycles. The number of benzene rings is 1. The number of halogens is 1. The molecule has 2 atom stereocenters. The Labute approximate surface area is 136 Å². The number of rotatable bonds is 4. The highest BCUT2D eigenvalue weighted by molar-refractivity contribution is 6.30. The van der Waals surface area contributed by atoms with E-state index in [1.165, 1.54) is 0 Å². The SMILES string of the molecule is CCOC(=O)N[C@H](c1cccc(Cl)c1)[C@@H]1CCCCCC1=O. The number of ether oxygens (including phenoxy) is 1. The Morgan fingerprint density at radius 3 is 2.95 bits per heavy atom. The second-order valence-electron chi connectivity index (χ2n) is 5.57. The second kappa shape index (κ2) is 8.18. The topological polar surface area (TPSA) is 55.4 Å². The Balaban J connectivity index is 2.27. The van der Waals surface area contributed by atoms with E-state index in [2.05, 4.69) is 5.32 Å². The quantitative estimate of drug-likeness (QED) is 0.841. The third-order valence-corrected chi connectivity index (χ3v) is 4.25. The van der Waals surface area contributed by atoms with Gasteiger partial charge in [0, 0.05) is 17.4 Å². The molecule has 4 nitrogen and oxygen atoms in total. The molecule has 1 aromatic rings. The van der Waals surface area contributed by atoms with E-state index in [9.17, 15) is 9.59 Å². The van der Waals surface area contributed by atoms with Gasteiger partial charge in [0.1, 0.15) is 5.78 Å². The highest BCUT2D eigenvalue weighted by Gasteiger charge is 2.31. The summed E-state index contributed by atoms with van der Waals surface area (Å²) in [5, 5.41) is 3.44. The van der Waals surface area contributed by atoms with Crippen molar-refractivity contribution in [2.24, 2.45) is 5.92 Å². The van der Waals surface area contributed by atoms with Crippen molar-refractivity contribution >= 4 is 23.5 Å². The number of amides is 1. The second-order valence-corrected chi connectivity index (χ2v) is 6.01. The van der Waals surface area contributed by atoms with Gasteiger partial charge in [-0.25, -0.2) is 4.79 Å². The maximum Gasteiger partial charge on any atom is 0.407 e. The zero-order chi connectivity index (χ0) is 15.9. The molecule has 1 saturated carbocycles. The molecule has 1 aromatic carbocycles. The number of carbonyl (C=O) groups is 2. The number of alkyl carbamates (subject to hydrolysis) is 1. The Bertz CT molecular complexity index is 532. The average molecular weight is 324 g/mol. The first-order chi connectivity index (χ1) is 10.6. The van der Waals surface area contributed by atoms with Gasteiger partial charge >= 0.3 is 6.09 Å². The standard InChI is InChI=1S/C17H22ClNO3/c1-2-22-17(21)19-16(12-7-6-8-13(18)11-12)14-9-4-3-5-10-15(14)20/h6-8,11,14,16H,2-5,9-10H2,1H3,(H,19,21)/t14-,16-/m1/s1. The minimum absolute atomic E-state index is 0.208. The van der Waals surface area contributed by atoms with Gasteiger partial charge in [-0.05, 0) is 37.5 Å². The van der Waals surface area contributed by atoms with Crippen LogP contribution < -0.4 is 5.32 Å². The molecule has 0 aromatic heterocycles. The summed E-state index contributed by atoms with van der Waals surface area (Å²) in [5.41, 5.74) is 0.848. The Hall–Kier alpha value is -1.55. The van der Waals surface area contributed by atoms with E-state index >= 15 is 0 Å². The molecule has 2 rings (SSSR count). The molecule has 0 saturated heterocycles. The van der Waals surface area contributed by atoms with Crippen molar-refractivity contribution in [1.82, 2.24) is 5.32 Å². The van der Waals surface area contributed by atoms with Crippen molar-refractivity contribution in [2.45, 2.75) is 45.1 Å². The van der Waals surface area contributed by atoms with E-state index in [1.54, 1.807) is 19.1 Å². The van der Waals surface area contributed by atoms with Gasteiger partial charge in [-0.1, -0.05) is 36.6 Å². The maximum atomic E-state index is 12.4. The van der Waals surface area contributed by atoms with Crippen LogP contribution in [0.4, 0.5) is 4.79 Å². The van der Waals surface area contributed by atoms with Crippen molar-refractivity contribution in [3.8, 4) is 0 Å². The lowest BCUT2D eigenvalue weighted by Crippen LogP contribution is -2.37. The molecule has 0 heterocycles. The highest BCUT2D eigenvalue weighted by Crippen LogP contribution is 2.32. The maximum absolute atomic E-state index is 12.4. The van der Waals surface area contributed by atoms with Crippen LogP contribution >= 0.6 is 11.6 Å². The van der Waals surface area contributed by atoms with Gasteiger partial charge in [-0.2, -0.15) is 0 Å². The summed E-state index contributed by atoms with van der Waals surface area (Å²) < 4.78 is 4.99. The van der Waals surface area contributed by atoms with Crippen LogP contribution in [0, 0.1) is 5.92 Å². The van der Waals surface area contributed by atoms with Gasteiger partial charge in [0.05, 0.1) is 12.6 Å². The van der Waals surface area contributed by atoms with Gasteiger partial charge in [-0.3, -0.25) is 4.79 Å². The fourth-order valence-electron chi connectivity index (χ4n) is 2.96. The minimum atomic E-state index is -0.496. The minimum Gasteiger partial charge on any atom is -0.450 e. The summed E-state index contributed by atoms with van der Waals surface area (Å²) in [5.74, 6) is -0.00959. The largest absolute Gasteiger partial charge is 0.450 e.